The van der Waals surface area contributed by atoms with Crippen molar-refractivity contribution in [2.45, 2.75) is 13.0 Å². The summed E-state index contributed by atoms with van der Waals surface area (Å²) in [5.41, 5.74) is 3.35. The van der Waals surface area contributed by atoms with Crippen molar-refractivity contribution < 1.29 is 9.52 Å². The highest BCUT2D eigenvalue weighted by Gasteiger charge is 2.27. The normalized spacial score (nSPS) is 12.8. The van der Waals surface area contributed by atoms with E-state index >= 15 is 0 Å². The molecule has 1 unspecified atom stereocenters. The fourth-order valence-electron chi connectivity index (χ4n) is 3.99. The number of oxazole rings is 1. The molecule has 0 fully saturated rings. The Morgan fingerprint density at radius 2 is 1.76 bits per heavy atom. The van der Waals surface area contributed by atoms with Gasteiger partial charge < -0.3 is 14.4 Å². The van der Waals surface area contributed by atoms with Gasteiger partial charge in [-0.05, 0) is 35.8 Å². The maximum Gasteiger partial charge on any atom is 0.297 e. The molecule has 7 nitrogen and oxygen atoms in total. The number of fused-ring (bicyclic) bond motifs is 1. The lowest BCUT2D eigenvalue weighted by molar-refractivity contribution is 0.455. The molecule has 1 atom stereocenters. The van der Waals surface area contributed by atoms with Crippen molar-refractivity contribution in [3.05, 3.63) is 107 Å². The SMILES string of the molecule is C=C/C(C)=C(\C=C)C(c1ccccc1)N(C)c1nc(-c2nc3ccccc3o2)c(O)c(=O)n1C. The van der Waals surface area contributed by atoms with Crippen LogP contribution in [0.25, 0.3) is 22.7 Å². The number of hydrogen-bond acceptors (Lipinski definition) is 6. The summed E-state index contributed by atoms with van der Waals surface area (Å²) in [7, 11) is 3.41. The van der Waals surface area contributed by atoms with Gasteiger partial charge in [0.2, 0.25) is 11.7 Å². The van der Waals surface area contributed by atoms with Crippen molar-refractivity contribution in [2.24, 2.45) is 7.05 Å². The molecule has 0 spiro atoms. The summed E-state index contributed by atoms with van der Waals surface area (Å²) >= 11 is 0. The van der Waals surface area contributed by atoms with Crippen LogP contribution in [0.2, 0.25) is 0 Å². The zero-order valence-electron chi connectivity index (χ0n) is 19.4. The van der Waals surface area contributed by atoms with E-state index in [1.54, 1.807) is 31.3 Å². The minimum Gasteiger partial charge on any atom is -0.501 e. The van der Waals surface area contributed by atoms with Crippen LogP contribution in [0.1, 0.15) is 18.5 Å². The third-order valence-electron chi connectivity index (χ3n) is 5.83. The molecule has 4 aromatic rings. The molecule has 0 saturated heterocycles. The first-order valence-corrected chi connectivity index (χ1v) is 10.8. The second-order valence-corrected chi connectivity index (χ2v) is 7.93. The molecule has 0 saturated carbocycles. The van der Waals surface area contributed by atoms with Gasteiger partial charge in [0.1, 0.15) is 5.52 Å². The largest absolute Gasteiger partial charge is 0.501 e. The van der Waals surface area contributed by atoms with E-state index < -0.39 is 11.3 Å². The van der Waals surface area contributed by atoms with Crippen molar-refractivity contribution in [1.29, 1.82) is 0 Å². The van der Waals surface area contributed by atoms with Crippen LogP contribution in [0.3, 0.4) is 0 Å². The summed E-state index contributed by atoms with van der Waals surface area (Å²) in [6.07, 6.45) is 3.55. The third-order valence-corrected chi connectivity index (χ3v) is 5.83. The molecule has 0 aliphatic rings. The average Bonchev–Trinajstić information content (AvgIpc) is 3.29. The predicted octanol–water partition coefficient (Wildman–Crippen LogP) is 5.16. The first-order valence-electron chi connectivity index (χ1n) is 10.8. The Morgan fingerprint density at radius 1 is 1.09 bits per heavy atom. The predicted molar refractivity (Wildman–Crippen MR) is 135 cm³/mol. The number of allylic oxidation sites excluding steroid dienone is 2. The highest BCUT2D eigenvalue weighted by atomic mass is 16.4. The number of nitrogens with zero attached hydrogens (tertiary/aromatic N) is 4. The summed E-state index contributed by atoms with van der Waals surface area (Å²) in [4.78, 5) is 24.0. The molecule has 0 amide bonds. The zero-order valence-corrected chi connectivity index (χ0v) is 19.4. The van der Waals surface area contributed by atoms with Gasteiger partial charge >= 0.3 is 0 Å². The number of rotatable bonds is 7. The molecular weight excluding hydrogens is 428 g/mol. The molecule has 2 aromatic heterocycles. The highest BCUT2D eigenvalue weighted by Crippen LogP contribution is 2.35. The van der Waals surface area contributed by atoms with Gasteiger partial charge in [0, 0.05) is 14.1 Å². The molecule has 1 N–H and O–H groups in total. The summed E-state index contributed by atoms with van der Waals surface area (Å²) < 4.78 is 7.10. The smallest absolute Gasteiger partial charge is 0.297 e. The quantitative estimate of drug-likeness (QED) is 0.388. The van der Waals surface area contributed by atoms with Crippen molar-refractivity contribution in [3.8, 4) is 17.3 Å². The molecule has 7 heteroatoms. The maximum absolute atomic E-state index is 13.0. The number of para-hydroxylation sites is 2. The number of likely N-dealkylation sites (N-methyl/N-ethyl adjacent to an activating group) is 1. The van der Waals surface area contributed by atoms with Crippen molar-refractivity contribution in [2.75, 3.05) is 11.9 Å². The summed E-state index contributed by atoms with van der Waals surface area (Å²) in [5, 5.41) is 10.6. The first-order chi connectivity index (χ1) is 16.4. The third kappa shape index (κ3) is 3.92. The number of benzene rings is 2. The molecule has 2 aromatic carbocycles. The van der Waals surface area contributed by atoms with Crippen LogP contribution in [-0.2, 0) is 7.05 Å². The van der Waals surface area contributed by atoms with E-state index in [4.69, 9.17) is 4.42 Å². The van der Waals surface area contributed by atoms with Crippen LogP contribution >= 0.6 is 0 Å². The second-order valence-electron chi connectivity index (χ2n) is 7.93. The molecular formula is C27H26N4O3. The van der Waals surface area contributed by atoms with E-state index in [1.165, 1.54) is 4.57 Å². The Kier molecular flexibility index (Phi) is 6.19. The fraction of sp³-hybridized carbons (Fsp3) is 0.148. The summed E-state index contributed by atoms with van der Waals surface area (Å²) in [6.45, 7) is 9.88. The van der Waals surface area contributed by atoms with Gasteiger partial charge in [-0.2, -0.15) is 0 Å². The van der Waals surface area contributed by atoms with Gasteiger partial charge in [0.25, 0.3) is 11.4 Å². The number of aromatic hydroxyl groups is 1. The van der Waals surface area contributed by atoms with Gasteiger partial charge in [-0.25, -0.2) is 9.97 Å². The average molecular weight is 455 g/mol. The van der Waals surface area contributed by atoms with E-state index in [2.05, 4.69) is 23.1 Å². The number of hydrogen-bond donors (Lipinski definition) is 1. The van der Waals surface area contributed by atoms with E-state index in [0.29, 0.717) is 17.0 Å². The topological polar surface area (TPSA) is 84.4 Å². The lowest BCUT2D eigenvalue weighted by Gasteiger charge is -2.32. The number of anilines is 1. The Balaban J connectivity index is 1.93. The van der Waals surface area contributed by atoms with E-state index in [9.17, 15) is 9.90 Å². The van der Waals surface area contributed by atoms with Crippen LogP contribution in [0.15, 0.2) is 100 Å². The van der Waals surface area contributed by atoms with E-state index in [-0.39, 0.29) is 17.6 Å². The molecule has 0 aliphatic heterocycles. The van der Waals surface area contributed by atoms with Gasteiger partial charge in [-0.15, -0.1) is 0 Å². The molecule has 4 rings (SSSR count). The lowest BCUT2D eigenvalue weighted by Crippen LogP contribution is -2.33. The first kappa shape index (κ1) is 22.8. The fourth-order valence-corrected chi connectivity index (χ4v) is 3.99. The molecule has 0 bridgehead atoms. The van der Waals surface area contributed by atoms with Gasteiger partial charge in [0.05, 0.1) is 6.04 Å². The zero-order chi connectivity index (χ0) is 24.4. The molecule has 172 valence electrons. The van der Waals surface area contributed by atoms with Gasteiger partial charge in [-0.3, -0.25) is 9.36 Å². The highest BCUT2D eigenvalue weighted by molar-refractivity contribution is 5.76. The van der Waals surface area contributed by atoms with Crippen molar-refractivity contribution >= 4 is 17.0 Å². The summed E-state index contributed by atoms with van der Waals surface area (Å²) in [5.74, 6) is -0.126. The standard InChI is InChI=1S/C27H26N4O3/c1-6-17(3)19(7-2)23(18-13-9-8-10-14-18)30(4)27-29-22(24(32)26(33)31(27)5)25-28-20-15-11-12-16-21(20)34-25/h6-16,23,32H,1-2H2,3-5H3/b19-17+. The minimum absolute atomic E-state index is 0.0162. The van der Waals surface area contributed by atoms with E-state index in [0.717, 1.165) is 16.7 Å². The lowest BCUT2D eigenvalue weighted by atomic mass is 9.93. The molecule has 34 heavy (non-hydrogen) atoms. The summed E-state index contributed by atoms with van der Waals surface area (Å²) in [6, 6.07) is 16.7. The second kappa shape index (κ2) is 9.23. The van der Waals surface area contributed by atoms with Crippen LogP contribution in [-0.4, -0.2) is 26.7 Å². The Labute approximate surface area is 197 Å². The monoisotopic (exact) mass is 454 g/mol. The number of aromatic nitrogens is 3. The molecule has 0 aliphatic carbocycles. The van der Waals surface area contributed by atoms with Gasteiger partial charge in [0.15, 0.2) is 11.3 Å². The van der Waals surface area contributed by atoms with Crippen LogP contribution in [0.4, 0.5) is 5.95 Å². The molecule has 0 radical (unpaired) electrons. The van der Waals surface area contributed by atoms with Crippen LogP contribution in [0, 0.1) is 0 Å². The van der Waals surface area contributed by atoms with Crippen LogP contribution in [0.5, 0.6) is 5.75 Å². The Morgan fingerprint density at radius 3 is 2.41 bits per heavy atom. The minimum atomic E-state index is -0.606. The van der Waals surface area contributed by atoms with Crippen LogP contribution < -0.4 is 10.5 Å². The van der Waals surface area contributed by atoms with E-state index in [1.807, 2.05) is 61.3 Å². The van der Waals surface area contributed by atoms with Crippen molar-refractivity contribution in [1.82, 2.24) is 14.5 Å². The maximum atomic E-state index is 13.0. The van der Waals surface area contributed by atoms with Crippen molar-refractivity contribution in [3.63, 3.8) is 0 Å². The Bertz CT molecular complexity index is 1430. The molecule has 2 heterocycles. The van der Waals surface area contributed by atoms with Gasteiger partial charge in [-0.1, -0.05) is 67.8 Å². The Hall–Kier alpha value is -4.39.